The van der Waals surface area contributed by atoms with Crippen molar-refractivity contribution in [2.24, 2.45) is 0 Å². The van der Waals surface area contributed by atoms with Crippen molar-refractivity contribution >= 4 is 48.3 Å². The fourth-order valence-electron chi connectivity index (χ4n) is 6.37. The Labute approximate surface area is 254 Å². The molecule has 0 aromatic heterocycles. The fraction of sp³-hybridized carbons (Fsp3) is 0.139. The Bertz CT molecular complexity index is 2200. The molecule has 6 aromatic carbocycles. The number of fused-ring (bicyclic) bond motifs is 3. The van der Waals surface area contributed by atoms with Crippen LogP contribution >= 0.6 is 0 Å². The minimum Gasteiger partial charge on any atom is -0.507 e. The van der Waals surface area contributed by atoms with Gasteiger partial charge in [-0.25, -0.2) is 13.2 Å². The highest BCUT2D eigenvalue weighted by atomic mass is 32.2. The average Bonchev–Trinajstić information content (AvgIpc) is 3.36. The lowest BCUT2D eigenvalue weighted by Gasteiger charge is -2.29. The van der Waals surface area contributed by atoms with Gasteiger partial charge in [-0.15, -0.1) is 0 Å². The Morgan fingerprint density at radius 1 is 0.750 bits per heavy atom. The molecule has 0 spiro atoms. The highest BCUT2D eigenvalue weighted by molar-refractivity contribution is 7.89. The highest BCUT2D eigenvalue weighted by Crippen LogP contribution is 2.46. The first-order chi connectivity index (χ1) is 21.2. The molecule has 8 heteroatoms. The number of hydrogen-bond donors (Lipinski definition) is 2. The zero-order valence-electron chi connectivity index (χ0n) is 23.8. The van der Waals surface area contributed by atoms with Crippen molar-refractivity contribution in [1.82, 2.24) is 4.31 Å². The maximum atomic E-state index is 14.1. The quantitative estimate of drug-likeness (QED) is 0.169. The molecular weight excluding hydrogens is 574 g/mol. The van der Waals surface area contributed by atoms with Crippen molar-refractivity contribution in [3.8, 4) is 22.6 Å². The standard InChI is InChI=1S/C36H29NO6S/c1-36(40)21-22-37(44(41,42)31-16-8-12-23-9-2-5-13-26(23)31)34(36)35(39)43-30-20-18-25-11-4-7-15-28(25)33(30)32-27-14-6-3-10-24(27)17-19-29(32)38/h2-20,34,38,40H,21-22H2,1H3/t34-,36-/m1/s1. The third-order valence-electron chi connectivity index (χ3n) is 8.53. The Kier molecular flexibility index (Phi) is 6.66. The fourth-order valence-corrected chi connectivity index (χ4v) is 8.26. The van der Waals surface area contributed by atoms with E-state index >= 15 is 0 Å². The zero-order valence-corrected chi connectivity index (χ0v) is 24.7. The predicted molar refractivity (Wildman–Crippen MR) is 171 cm³/mol. The largest absolute Gasteiger partial charge is 0.507 e. The summed E-state index contributed by atoms with van der Waals surface area (Å²) in [6, 6.07) is 32.6. The maximum Gasteiger partial charge on any atom is 0.332 e. The third kappa shape index (κ3) is 4.50. The van der Waals surface area contributed by atoms with Crippen LogP contribution in [-0.2, 0) is 14.8 Å². The van der Waals surface area contributed by atoms with Crippen LogP contribution in [-0.4, -0.2) is 47.1 Å². The molecule has 2 N–H and O–H groups in total. The molecule has 7 rings (SSSR count). The SMILES string of the molecule is C[C@@]1(O)CCN(S(=O)(=O)c2cccc3ccccc23)[C@@H]1C(=O)Oc1ccc2ccccc2c1-c1c(O)ccc2ccccc12. The Morgan fingerprint density at radius 2 is 1.30 bits per heavy atom. The number of aliphatic hydroxyl groups is 1. The molecule has 0 amide bonds. The summed E-state index contributed by atoms with van der Waals surface area (Å²) in [6.07, 6.45) is 0.0471. The van der Waals surface area contributed by atoms with Crippen LogP contribution in [0.15, 0.2) is 120 Å². The van der Waals surface area contributed by atoms with E-state index in [1.165, 1.54) is 13.0 Å². The summed E-state index contributed by atoms with van der Waals surface area (Å²) in [5.74, 6) is -0.761. The van der Waals surface area contributed by atoms with E-state index in [4.69, 9.17) is 4.74 Å². The molecule has 1 aliphatic rings. The van der Waals surface area contributed by atoms with Crippen LogP contribution in [0.3, 0.4) is 0 Å². The second-order valence-corrected chi connectivity index (χ2v) is 13.2. The van der Waals surface area contributed by atoms with Crippen LogP contribution in [0.5, 0.6) is 11.5 Å². The number of phenols is 1. The van der Waals surface area contributed by atoms with E-state index in [0.29, 0.717) is 16.5 Å². The molecule has 6 aromatic rings. The summed E-state index contributed by atoms with van der Waals surface area (Å²) >= 11 is 0. The number of carbonyl (C=O) groups excluding carboxylic acids is 1. The summed E-state index contributed by atoms with van der Waals surface area (Å²) in [4.78, 5) is 14.2. The van der Waals surface area contributed by atoms with Crippen LogP contribution in [0.25, 0.3) is 43.4 Å². The van der Waals surface area contributed by atoms with Gasteiger partial charge in [0, 0.05) is 23.1 Å². The van der Waals surface area contributed by atoms with Crippen molar-refractivity contribution in [2.45, 2.75) is 29.9 Å². The van der Waals surface area contributed by atoms with Gasteiger partial charge in [0.2, 0.25) is 10.0 Å². The van der Waals surface area contributed by atoms with Gasteiger partial charge in [0.15, 0.2) is 6.04 Å². The summed E-state index contributed by atoms with van der Waals surface area (Å²) in [5, 5.41) is 27.1. The summed E-state index contributed by atoms with van der Waals surface area (Å²) in [7, 11) is -4.22. The molecule has 1 heterocycles. The maximum absolute atomic E-state index is 14.1. The van der Waals surface area contributed by atoms with E-state index in [-0.39, 0.29) is 29.4 Å². The number of nitrogens with zero attached hydrogens (tertiary/aromatic N) is 1. The van der Waals surface area contributed by atoms with E-state index in [1.54, 1.807) is 36.4 Å². The van der Waals surface area contributed by atoms with E-state index < -0.39 is 27.6 Å². The average molecular weight is 604 g/mol. The molecule has 220 valence electrons. The van der Waals surface area contributed by atoms with Gasteiger partial charge in [-0.05, 0) is 58.5 Å². The second kappa shape index (κ2) is 10.4. The summed E-state index contributed by atoms with van der Waals surface area (Å²) in [6.45, 7) is 1.39. The molecule has 44 heavy (non-hydrogen) atoms. The lowest BCUT2D eigenvalue weighted by Crippen LogP contribution is -2.52. The van der Waals surface area contributed by atoms with Crippen molar-refractivity contribution in [1.29, 1.82) is 0 Å². The number of rotatable bonds is 5. The number of benzene rings is 6. The van der Waals surface area contributed by atoms with Crippen LogP contribution in [0.2, 0.25) is 0 Å². The zero-order chi connectivity index (χ0) is 30.6. The van der Waals surface area contributed by atoms with Crippen molar-refractivity contribution in [3.05, 3.63) is 115 Å². The summed E-state index contributed by atoms with van der Waals surface area (Å²) < 4.78 is 35.4. The highest BCUT2D eigenvalue weighted by Gasteiger charge is 2.53. The molecular formula is C36H29NO6S. The molecule has 1 aliphatic heterocycles. The molecule has 1 fully saturated rings. The first-order valence-corrected chi connectivity index (χ1v) is 15.8. The molecule has 0 radical (unpaired) electrons. The number of aromatic hydroxyl groups is 1. The number of phenolic OH excluding ortho intramolecular Hbond substituents is 1. The first-order valence-electron chi connectivity index (χ1n) is 14.3. The number of carbonyl (C=O) groups is 1. The number of esters is 1. The van der Waals surface area contributed by atoms with Gasteiger partial charge in [-0.2, -0.15) is 4.31 Å². The van der Waals surface area contributed by atoms with Crippen LogP contribution < -0.4 is 4.74 Å². The lowest BCUT2D eigenvalue weighted by atomic mass is 9.92. The summed E-state index contributed by atoms with van der Waals surface area (Å²) in [5.41, 5.74) is -0.708. The molecule has 0 bridgehead atoms. The van der Waals surface area contributed by atoms with Crippen molar-refractivity contribution in [2.75, 3.05) is 6.54 Å². The molecule has 2 atom stereocenters. The van der Waals surface area contributed by atoms with Crippen LogP contribution in [0.4, 0.5) is 0 Å². The molecule has 7 nitrogen and oxygen atoms in total. The second-order valence-electron chi connectivity index (χ2n) is 11.4. The van der Waals surface area contributed by atoms with E-state index in [0.717, 1.165) is 31.2 Å². The Balaban J connectivity index is 1.36. The van der Waals surface area contributed by atoms with E-state index in [9.17, 15) is 23.4 Å². The van der Waals surface area contributed by atoms with Gasteiger partial charge < -0.3 is 14.9 Å². The van der Waals surface area contributed by atoms with E-state index in [2.05, 4.69) is 0 Å². The predicted octanol–water partition coefficient (Wildman–Crippen LogP) is 6.64. The number of ether oxygens (including phenoxy) is 1. The van der Waals surface area contributed by atoms with Gasteiger partial charge in [-0.3, -0.25) is 0 Å². The smallest absolute Gasteiger partial charge is 0.332 e. The third-order valence-corrected chi connectivity index (χ3v) is 10.5. The van der Waals surface area contributed by atoms with Crippen molar-refractivity contribution < 1.29 is 28.2 Å². The van der Waals surface area contributed by atoms with Gasteiger partial charge in [0.1, 0.15) is 11.5 Å². The Morgan fingerprint density at radius 3 is 1.98 bits per heavy atom. The molecule has 0 saturated carbocycles. The van der Waals surface area contributed by atoms with Crippen LogP contribution in [0, 0.1) is 0 Å². The molecule has 0 unspecified atom stereocenters. The number of hydrogen-bond acceptors (Lipinski definition) is 6. The van der Waals surface area contributed by atoms with Gasteiger partial charge in [0.25, 0.3) is 0 Å². The lowest BCUT2D eigenvalue weighted by molar-refractivity contribution is -0.143. The topological polar surface area (TPSA) is 104 Å². The van der Waals surface area contributed by atoms with E-state index in [1.807, 2.05) is 72.8 Å². The molecule has 0 aliphatic carbocycles. The first kappa shape index (κ1) is 28.0. The van der Waals surface area contributed by atoms with Gasteiger partial charge >= 0.3 is 5.97 Å². The van der Waals surface area contributed by atoms with Crippen molar-refractivity contribution in [3.63, 3.8) is 0 Å². The van der Waals surface area contributed by atoms with Gasteiger partial charge in [-0.1, -0.05) is 97.1 Å². The van der Waals surface area contributed by atoms with Crippen LogP contribution in [0.1, 0.15) is 13.3 Å². The molecule has 1 saturated heterocycles. The minimum absolute atomic E-state index is 0.00498. The minimum atomic E-state index is -4.22. The normalized spacial score (nSPS) is 19.1. The monoisotopic (exact) mass is 603 g/mol. The van der Waals surface area contributed by atoms with Gasteiger partial charge in [0.05, 0.1) is 10.5 Å². The Hall–Kier alpha value is -4.76. The number of sulfonamides is 1.